The van der Waals surface area contributed by atoms with Gasteiger partial charge in [0.05, 0.1) is 17.7 Å². The molecule has 4 aromatic rings. The van der Waals surface area contributed by atoms with Gasteiger partial charge in [-0.05, 0) is 64.3 Å². The molecule has 11 nitrogen and oxygen atoms in total. The largest absolute Gasteiger partial charge is 0.490 e. The van der Waals surface area contributed by atoms with Crippen LogP contribution in [-0.4, -0.2) is 119 Å². The van der Waals surface area contributed by atoms with Crippen molar-refractivity contribution >= 4 is 22.8 Å². The zero-order chi connectivity index (χ0) is 40.5. The predicted molar refractivity (Wildman–Crippen MR) is 208 cm³/mol. The Hall–Kier alpha value is -4.50. The molecular formula is C43H52F3N5O6. The fourth-order valence-electron chi connectivity index (χ4n) is 8.62. The molecule has 5 heterocycles. The Labute approximate surface area is 331 Å². The first-order valence-electron chi connectivity index (χ1n) is 19.6. The summed E-state index contributed by atoms with van der Waals surface area (Å²) in [6, 6.07) is 19.4. The van der Waals surface area contributed by atoms with Gasteiger partial charge in [0.15, 0.2) is 0 Å². The molecule has 2 aromatic heterocycles. The topological polar surface area (TPSA) is 121 Å². The van der Waals surface area contributed by atoms with Crippen molar-refractivity contribution in [3.8, 4) is 5.75 Å². The number of furan rings is 1. The van der Waals surface area contributed by atoms with Gasteiger partial charge in [0.2, 0.25) is 11.8 Å². The number of benzene rings is 2. The van der Waals surface area contributed by atoms with Crippen molar-refractivity contribution in [3.63, 3.8) is 0 Å². The Balaban J connectivity index is 1.15. The summed E-state index contributed by atoms with van der Waals surface area (Å²) < 4.78 is 60.9. The average Bonchev–Trinajstić information content (AvgIpc) is 3.78. The predicted octanol–water partition coefficient (Wildman–Crippen LogP) is 5.52. The molecular weight excluding hydrogens is 739 g/mol. The maximum Gasteiger partial charge on any atom is 0.239 e. The normalized spacial score (nSPS) is 22.4. The highest BCUT2D eigenvalue weighted by Gasteiger charge is 2.54. The lowest BCUT2D eigenvalue weighted by Crippen LogP contribution is -2.66. The molecule has 0 aliphatic carbocycles. The minimum atomic E-state index is -2.32. The number of carbonyl (C=O) groups excluding carboxylic acids is 2. The lowest BCUT2D eigenvalue weighted by molar-refractivity contribution is -0.153. The van der Waals surface area contributed by atoms with Gasteiger partial charge in [-0.15, -0.1) is 0 Å². The standard InChI is InChI=1S/C43H52F3N5O6/c1-41(2,37-20-30-21-47-15-14-34(30)56-37)50-17-16-49(33(23-50)39(53)48-43(25-44,26-45)27-46)22-31(52)19-29(18-28-10-6-5-7-11-28)40(54)51-38-32-12-8-9-13-35(32)55-24-36(38)57-42(51,3)4/h5-15,20-21,29,31,33,36,38,52H,16-19,22-27H2,1-4H3,(H,48,53)/t29-,31+,33+,36-,38+/m1/s1. The Bertz CT molecular complexity index is 1980. The first-order valence-corrected chi connectivity index (χ1v) is 19.6. The van der Waals surface area contributed by atoms with E-state index in [9.17, 15) is 27.9 Å². The van der Waals surface area contributed by atoms with Gasteiger partial charge in [0.1, 0.15) is 67.1 Å². The molecule has 0 spiro atoms. The van der Waals surface area contributed by atoms with Crippen LogP contribution in [-0.2, 0) is 26.3 Å². The zero-order valence-electron chi connectivity index (χ0n) is 32.9. The van der Waals surface area contributed by atoms with E-state index in [1.54, 1.807) is 28.3 Å². The first kappa shape index (κ1) is 40.7. The molecule has 3 aliphatic rings. The van der Waals surface area contributed by atoms with Crippen LogP contribution < -0.4 is 10.1 Å². The van der Waals surface area contributed by atoms with Crippen LogP contribution in [0.15, 0.2) is 83.5 Å². The summed E-state index contributed by atoms with van der Waals surface area (Å²) in [5.74, 6) is -0.312. The highest BCUT2D eigenvalue weighted by molar-refractivity contribution is 5.83. The number of pyridine rings is 1. The number of rotatable bonds is 14. The number of carbonyl (C=O) groups is 2. The van der Waals surface area contributed by atoms with Gasteiger partial charge in [-0.1, -0.05) is 48.5 Å². The van der Waals surface area contributed by atoms with Crippen molar-refractivity contribution in [1.82, 2.24) is 25.0 Å². The van der Waals surface area contributed by atoms with Crippen LogP contribution in [0.25, 0.3) is 11.0 Å². The molecule has 2 N–H and O–H groups in total. The van der Waals surface area contributed by atoms with Crippen molar-refractivity contribution in [2.45, 2.75) is 81.6 Å². The Kier molecular flexibility index (Phi) is 11.7. The second kappa shape index (κ2) is 16.4. The van der Waals surface area contributed by atoms with E-state index in [2.05, 4.69) is 10.3 Å². The third-order valence-electron chi connectivity index (χ3n) is 11.9. The number of amides is 2. The summed E-state index contributed by atoms with van der Waals surface area (Å²) in [7, 11) is 0. The number of ether oxygens (including phenoxy) is 2. The highest BCUT2D eigenvalue weighted by Crippen LogP contribution is 2.48. The first-order chi connectivity index (χ1) is 27.3. The van der Waals surface area contributed by atoms with E-state index in [-0.39, 0.29) is 44.7 Å². The number of piperazine rings is 1. The van der Waals surface area contributed by atoms with Crippen molar-refractivity contribution in [2.24, 2.45) is 5.92 Å². The van der Waals surface area contributed by atoms with E-state index in [4.69, 9.17) is 13.9 Å². The Morgan fingerprint density at radius 3 is 2.46 bits per heavy atom. The van der Waals surface area contributed by atoms with Crippen LogP contribution in [0.5, 0.6) is 5.75 Å². The molecule has 0 saturated carbocycles. The average molecular weight is 792 g/mol. The van der Waals surface area contributed by atoms with Gasteiger partial charge < -0.3 is 29.2 Å². The number of hydrogen-bond donors (Lipinski definition) is 2. The number of aliphatic hydroxyl groups excluding tert-OH is 1. The highest BCUT2D eigenvalue weighted by atomic mass is 19.1. The molecule has 0 radical (unpaired) electrons. The second-order valence-corrected chi connectivity index (χ2v) is 16.6. The second-order valence-electron chi connectivity index (χ2n) is 16.6. The molecule has 2 fully saturated rings. The monoisotopic (exact) mass is 791 g/mol. The number of alkyl halides is 3. The molecule has 14 heteroatoms. The van der Waals surface area contributed by atoms with E-state index in [1.165, 1.54) is 0 Å². The van der Waals surface area contributed by atoms with Gasteiger partial charge in [0, 0.05) is 55.4 Å². The molecule has 57 heavy (non-hydrogen) atoms. The number of para-hydroxylation sites is 1. The van der Waals surface area contributed by atoms with E-state index in [1.807, 2.05) is 93.3 Å². The smallest absolute Gasteiger partial charge is 0.239 e. The van der Waals surface area contributed by atoms with Gasteiger partial charge in [0.25, 0.3) is 0 Å². The van der Waals surface area contributed by atoms with Crippen molar-refractivity contribution in [1.29, 1.82) is 0 Å². The van der Waals surface area contributed by atoms with Crippen LogP contribution in [0.4, 0.5) is 13.2 Å². The Morgan fingerprint density at radius 2 is 1.74 bits per heavy atom. The Morgan fingerprint density at radius 1 is 1.02 bits per heavy atom. The summed E-state index contributed by atoms with van der Waals surface area (Å²) in [6.45, 7) is 4.40. The van der Waals surface area contributed by atoms with Crippen LogP contribution in [0.1, 0.15) is 57.0 Å². The number of halogens is 3. The third-order valence-corrected chi connectivity index (χ3v) is 11.9. The number of nitrogens with one attached hydrogen (secondary N) is 1. The maximum absolute atomic E-state index is 14.9. The summed E-state index contributed by atoms with van der Waals surface area (Å²) in [4.78, 5) is 38.7. The van der Waals surface area contributed by atoms with Crippen LogP contribution >= 0.6 is 0 Å². The lowest BCUT2D eigenvalue weighted by atomic mass is 9.89. The lowest BCUT2D eigenvalue weighted by Gasteiger charge is -2.47. The van der Waals surface area contributed by atoms with Crippen LogP contribution in [0.2, 0.25) is 0 Å². The fourth-order valence-corrected chi connectivity index (χ4v) is 8.62. The minimum Gasteiger partial charge on any atom is -0.490 e. The maximum atomic E-state index is 14.9. The molecule has 0 bridgehead atoms. The van der Waals surface area contributed by atoms with Crippen molar-refractivity contribution in [2.75, 3.05) is 52.8 Å². The van der Waals surface area contributed by atoms with Gasteiger partial charge in [-0.3, -0.25) is 24.4 Å². The molecule has 7 rings (SSSR count). The van der Waals surface area contributed by atoms with E-state index >= 15 is 0 Å². The molecule has 2 saturated heterocycles. The summed E-state index contributed by atoms with van der Waals surface area (Å²) in [6.07, 6.45) is 2.24. The van der Waals surface area contributed by atoms with Crippen LogP contribution in [0.3, 0.4) is 0 Å². The van der Waals surface area contributed by atoms with Crippen molar-refractivity contribution in [3.05, 3.63) is 96.0 Å². The van der Waals surface area contributed by atoms with E-state index in [0.717, 1.165) is 16.5 Å². The van der Waals surface area contributed by atoms with Crippen molar-refractivity contribution < 1.29 is 41.8 Å². The molecule has 306 valence electrons. The van der Waals surface area contributed by atoms with Gasteiger partial charge in [-0.25, -0.2) is 13.2 Å². The summed E-state index contributed by atoms with van der Waals surface area (Å²) in [5, 5.41) is 15.0. The SMILES string of the molecule is CC1(C)O[C@@H]2COc3ccccc3[C@@H]2N1C(=O)[C@H](Cc1ccccc1)C[C@H](O)CN1CCN(C(C)(C)c2cc3cnccc3o2)C[C@H]1C(=O)NC(CF)(CF)CF. The van der Waals surface area contributed by atoms with Crippen LogP contribution in [0, 0.1) is 5.92 Å². The van der Waals surface area contributed by atoms with Gasteiger partial charge in [-0.2, -0.15) is 0 Å². The number of fused-ring (bicyclic) bond motifs is 4. The zero-order valence-corrected chi connectivity index (χ0v) is 32.9. The third kappa shape index (κ3) is 8.14. The number of aliphatic hydroxyl groups is 1. The fraction of sp³-hybridized carbons (Fsp3) is 0.512. The molecule has 2 aromatic carbocycles. The summed E-state index contributed by atoms with van der Waals surface area (Å²) in [5.41, 5.74) is -1.61. The molecule has 0 unspecified atom stereocenters. The summed E-state index contributed by atoms with van der Waals surface area (Å²) >= 11 is 0. The number of hydrogen-bond acceptors (Lipinski definition) is 9. The van der Waals surface area contributed by atoms with Gasteiger partial charge >= 0.3 is 0 Å². The number of aromatic nitrogens is 1. The quantitative estimate of drug-likeness (QED) is 0.170. The number of nitrogens with zero attached hydrogens (tertiary/aromatic N) is 4. The van der Waals surface area contributed by atoms with E-state index < -0.39 is 66.8 Å². The number of β-amino-alcohol motifs (C(OH)–C–C–N with tert-alkyl or cyclic N) is 1. The minimum absolute atomic E-state index is 0.0300. The molecule has 5 atom stereocenters. The molecule has 3 aliphatic heterocycles. The van der Waals surface area contributed by atoms with E-state index in [0.29, 0.717) is 30.1 Å². The molecule has 2 amide bonds.